The third-order valence-electron chi connectivity index (χ3n) is 0.780. The zero-order valence-electron chi connectivity index (χ0n) is 5.04. The van der Waals surface area contributed by atoms with E-state index in [9.17, 15) is 0 Å². The molecule has 2 heteroatoms. The van der Waals surface area contributed by atoms with Crippen LogP contribution in [0.2, 0.25) is 0 Å². The van der Waals surface area contributed by atoms with Crippen molar-refractivity contribution in [2.24, 2.45) is 0 Å². The van der Waals surface area contributed by atoms with Crippen LogP contribution in [-0.4, -0.2) is 23.2 Å². The minimum Gasteiger partial charge on any atom is -0.317 e. The molecule has 0 atom stereocenters. The molecule has 0 aromatic heterocycles. The second-order valence-electron chi connectivity index (χ2n) is 1.60. The molecule has 1 N–H and O–H groups in total. The van der Waals surface area contributed by atoms with E-state index >= 15 is 0 Å². The molecule has 0 amide bonds. The van der Waals surface area contributed by atoms with E-state index in [-0.39, 0.29) is 10.1 Å². The van der Waals surface area contributed by atoms with Crippen molar-refractivity contribution in [1.29, 1.82) is 0 Å². The van der Waals surface area contributed by atoms with Gasteiger partial charge in [0.2, 0.25) is 0 Å². The van der Waals surface area contributed by atoms with Crippen LogP contribution >= 0.6 is 0 Å². The number of hydrogen-bond acceptors (Lipinski definition) is 1. The second kappa shape index (κ2) is 10.2. The van der Waals surface area contributed by atoms with Gasteiger partial charge in [-0.25, -0.2) is 0 Å². The van der Waals surface area contributed by atoms with Crippen molar-refractivity contribution in [3.63, 3.8) is 0 Å². The van der Waals surface area contributed by atoms with Gasteiger partial charge in [-0.15, -0.1) is 0 Å². The summed E-state index contributed by atoms with van der Waals surface area (Å²) in [6.07, 6.45) is 2.22. The van der Waals surface area contributed by atoms with Crippen molar-refractivity contribution in [1.82, 2.24) is 5.32 Å². The van der Waals surface area contributed by atoms with Crippen molar-refractivity contribution >= 4 is 10.1 Å². The summed E-state index contributed by atoms with van der Waals surface area (Å²) in [5.74, 6) is 0. The molecule has 0 unspecified atom stereocenters. The Hall–Kier alpha value is 0.129. The first kappa shape index (κ1) is 11.0. The summed E-state index contributed by atoms with van der Waals surface area (Å²) in [7, 11) is 0. The fraction of sp³-hybridized carbons (Fsp3) is 0.833. The standard InChI is InChI=1S/C6H14N.Be.2H/c1-3-5-7-6-4-2;;;/h7H,1,3-6H2,2H3;;;. The van der Waals surface area contributed by atoms with Crippen LogP contribution in [0.3, 0.4) is 0 Å². The zero-order chi connectivity index (χ0) is 5.54. The van der Waals surface area contributed by atoms with Crippen LogP contribution in [0.25, 0.3) is 0 Å². The van der Waals surface area contributed by atoms with Gasteiger partial charge in [0.25, 0.3) is 0 Å². The summed E-state index contributed by atoms with van der Waals surface area (Å²) < 4.78 is 0. The molecule has 0 saturated carbocycles. The Labute approximate surface area is 56.1 Å². The van der Waals surface area contributed by atoms with Gasteiger partial charge in [-0.3, -0.25) is 0 Å². The molecule has 47 valence electrons. The fourth-order valence-corrected chi connectivity index (χ4v) is 0.427. The minimum atomic E-state index is 0. The predicted molar refractivity (Wildman–Crippen MR) is 41.7 cm³/mol. The Bertz CT molecular complexity index is 27.7. The molecule has 0 aliphatic heterocycles. The van der Waals surface area contributed by atoms with Crippen LogP contribution in [0.4, 0.5) is 0 Å². The molecule has 0 rings (SSSR count). The van der Waals surface area contributed by atoms with Gasteiger partial charge in [0.15, 0.2) is 0 Å². The maximum atomic E-state index is 3.69. The molecule has 0 aliphatic carbocycles. The van der Waals surface area contributed by atoms with Crippen molar-refractivity contribution in [2.75, 3.05) is 13.1 Å². The van der Waals surface area contributed by atoms with Crippen molar-refractivity contribution in [3.8, 4) is 0 Å². The third kappa shape index (κ3) is 9.46. The summed E-state index contributed by atoms with van der Waals surface area (Å²) in [4.78, 5) is 0. The minimum absolute atomic E-state index is 0. The van der Waals surface area contributed by atoms with E-state index in [0.29, 0.717) is 0 Å². The van der Waals surface area contributed by atoms with Gasteiger partial charge in [0, 0.05) is 0 Å². The molecule has 0 aliphatic rings. The Morgan fingerprint density at radius 2 is 2.00 bits per heavy atom. The van der Waals surface area contributed by atoms with Crippen molar-refractivity contribution in [2.45, 2.75) is 19.8 Å². The smallest absolute Gasteiger partial charge is 0.00489 e. The largest absolute Gasteiger partial charge is 0.317 e. The number of hydrogen-bond donors (Lipinski definition) is 1. The van der Waals surface area contributed by atoms with E-state index in [0.717, 1.165) is 19.5 Å². The average molecular weight is 111 g/mol. The molecule has 0 aromatic rings. The molecule has 0 heterocycles. The van der Waals surface area contributed by atoms with E-state index in [1.165, 1.54) is 6.42 Å². The molecule has 0 spiro atoms. The summed E-state index contributed by atoms with van der Waals surface area (Å²) in [6.45, 7) is 8.06. The Kier molecular flexibility index (Phi) is 14.0. The first-order valence-corrected chi connectivity index (χ1v) is 2.91. The van der Waals surface area contributed by atoms with Crippen molar-refractivity contribution < 1.29 is 0 Å². The second-order valence-corrected chi connectivity index (χ2v) is 1.60. The van der Waals surface area contributed by atoms with Crippen LogP contribution in [-0.2, 0) is 0 Å². The van der Waals surface area contributed by atoms with Gasteiger partial charge >= 0.3 is 10.1 Å². The summed E-state index contributed by atoms with van der Waals surface area (Å²) in [5.41, 5.74) is 0. The van der Waals surface area contributed by atoms with Crippen LogP contribution in [0.15, 0.2) is 0 Å². The summed E-state index contributed by atoms with van der Waals surface area (Å²) in [6, 6.07) is 0. The topological polar surface area (TPSA) is 12.0 Å². The maximum Gasteiger partial charge on any atom is -0.00489 e. The van der Waals surface area contributed by atoms with Gasteiger partial charge < -0.3 is 5.32 Å². The molecule has 0 bridgehead atoms. The maximum absolute atomic E-state index is 3.69. The number of rotatable bonds is 4. The molecular formula is C6H16BeN. The van der Waals surface area contributed by atoms with E-state index < -0.39 is 0 Å². The average Bonchev–Trinajstić information content (AvgIpc) is 1.69. The quantitative estimate of drug-likeness (QED) is 0.406. The van der Waals surface area contributed by atoms with Gasteiger partial charge in [0.1, 0.15) is 0 Å². The number of nitrogens with one attached hydrogen (secondary N) is 1. The molecule has 1 radical (unpaired) electrons. The predicted octanol–water partition coefficient (Wildman–Crippen LogP) is 0.294. The van der Waals surface area contributed by atoms with Gasteiger partial charge in [-0.05, 0) is 25.9 Å². The van der Waals surface area contributed by atoms with Crippen molar-refractivity contribution in [3.05, 3.63) is 6.92 Å². The van der Waals surface area contributed by atoms with Crippen LogP contribution in [0.5, 0.6) is 0 Å². The molecule has 0 saturated heterocycles. The Morgan fingerprint density at radius 3 is 2.38 bits per heavy atom. The molecule has 0 fully saturated rings. The zero-order valence-corrected chi connectivity index (χ0v) is 5.04. The SMILES string of the molecule is [BeH2].[CH2]CCNCCC. The molecule has 1 nitrogen and oxygen atoms in total. The summed E-state index contributed by atoms with van der Waals surface area (Å²) >= 11 is 0. The van der Waals surface area contributed by atoms with E-state index in [4.69, 9.17) is 0 Å². The summed E-state index contributed by atoms with van der Waals surface area (Å²) in [5, 5.41) is 3.22. The molecule has 0 aromatic carbocycles. The molecule has 8 heavy (non-hydrogen) atoms. The Balaban J connectivity index is 0. The van der Waals surface area contributed by atoms with Gasteiger partial charge in [-0.2, -0.15) is 0 Å². The van der Waals surface area contributed by atoms with Crippen LogP contribution < -0.4 is 5.32 Å². The third-order valence-corrected chi connectivity index (χ3v) is 0.780. The van der Waals surface area contributed by atoms with Gasteiger partial charge in [-0.1, -0.05) is 13.8 Å². The first-order valence-electron chi connectivity index (χ1n) is 2.91. The first-order chi connectivity index (χ1) is 3.41. The van der Waals surface area contributed by atoms with Gasteiger partial charge in [0.05, 0.1) is 0 Å². The van der Waals surface area contributed by atoms with E-state index in [1.54, 1.807) is 0 Å². The normalized spacial score (nSPS) is 8.25. The van der Waals surface area contributed by atoms with Crippen LogP contribution in [0.1, 0.15) is 19.8 Å². The molecular weight excluding hydrogens is 95.1 g/mol. The fourth-order valence-electron chi connectivity index (χ4n) is 0.427. The Morgan fingerprint density at radius 1 is 1.38 bits per heavy atom. The van der Waals surface area contributed by atoms with E-state index in [1.807, 2.05) is 0 Å². The van der Waals surface area contributed by atoms with Crippen LogP contribution in [0, 0.1) is 6.92 Å². The van der Waals surface area contributed by atoms with E-state index in [2.05, 4.69) is 19.2 Å². The monoisotopic (exact) mass is 111 g/mol.